The second kappa shape index (κ2) is 10.2. The molecule has 4 aliphatic carbocycles. The van der Waals surface area contributed by atoms with Gasteiger partial charge in [-0.2, -0.15) is 0 Å². The van der Waals surface area contributed by atoms with Crippen LogP contribution >= 0.6 is 0 Å². The molecule has 11 atom stereocenters. The molecule has 0 aromatic heterocycles. The highest BCUT2D eigenvalue weighted by Gasteiger charge is 2.62. The van der Waals surface area contributed by atoms with Crippen LogP contribution in [-0.2, 0) is 14.4 Å². The van der Waals surface area contributed by atoms with Crippen LogP contribution in [0.2, 0.25) is 0 Å². The summed E-state index contributed by atoms with van der Waals surface area (Å²) < 4.78 is 0. The van der Waals surface area contributed by atoms with Gasteiger partial charge in [0.2, 0.25) is 5.91 Å². The number of carbonyl (C=O) groups excluding carboxylic acids is 1. The molecule has 0 saturated heterocycles. The van der Waals surface area contributed by atoms with Crippen molar-refractivity contribution in [2.24, 2.45) is 46.3 Å². The number of aliphatic hydroxyl groups excluding tert-OH is 2. The minimum Gasteiger partial charge on any atom is -0.481 e. The van der Waals surface area contributed by atoms with E-state index in [0.29, 0.717) is 36.0 Å². The molecule has 0 spiro atoms. The van der Waals surface area contributed by atoms with Crippen molar-refractivity contribution in [1.29, 1.82) is 0 Å². The summed E-state index contributed by atoms with van der Waals surface area (Å²) in [5.74, 6) is -0.378. The van der Waals surface area contributed by atoms with Gasteiger partial charge in [-0.15, -0.1) is 0 Å². The maximum Gasteiger partial charge on any atom is 0.326 e. The molecule has 36 heavy (non-hydrogen) atoms. The third kappa shape index (κ3) is 4.92. The first kappa shape index (κ1) is 27.4. The number of amides is 1. The van der Waals surface area contributed by atoms with E-state index < -0.39 is 30.3 Å². The highest BCUT2D eigenvalue weighted by Crippen LogP contribution is 2.68. The fourth-order valence-corrected chi connectivity index (χ4v) is 9.45. The van der Waals surface area contributed by atoms with Crippen molar-refractivity contribution in [3.63, 3.8) is 0 Å². The van der Waals surface area contributed by atoms with E-state index >= 15 is 0 Å². The Balaban J connectivity index is 1.39. The van der Waals surface area contributed by atoms with Crippen LogP contribution in [0, 0.1) is 46.3 Å². The van der Waals surface area contributed by atoms with Crippen molar-refractivity contribution in [2.45, 2.75) is 110 Å². The number of fused-ring (bicyclic) bond motifs is 5. The normalized spacial score (nSPS) is 43.4. The van der Waals surface area contributed by atoms with E-state index in [1.54, 1.807) is 0 Å². The molecule has 0 bridgehead atoms. The van der Waals surface area contributed by atoms with Crippen LogP contribution in [0.4, 0.5) is 0 Å². The van der Waals surface area contributed by atoms with Gasteiger partial charge in [0.25, 0.3) is 0 Å². The molecule has 204 valence electrons. The molecule has 4 rings (SSSR count). The molecular weight excluding hydrogens is 462 g/mol. The smallest absolute Gasteiger partial charge is 0.326 e. The van der Waals surface area contributed by atoms with E-state index in [2.05, 4.69) is 26.1 Å². The Morgan fingerprint density at radius 3 is 2.25 bits per heavy atom. The van der Waals surface area contributed by atoms with Crippen LogP contribution in [0.5, 0.6) is 0 Å². The lowest BCUT2D eigenvalue weighted by molar-refractivity contribution is -0.172. The van der Waals surface area contributed by atoms with Gasteiger partial charge in [0, 0.05) is 6.42 Å². The molecule has 4 fully saturated rings. The lowest BCUT2D eigenvalue weighted by Crippen LogP contribution is -2.58. The lowest BCUT2D eigenvalue weighted by atomic mass is 9.44. The first-order valence-corrected chi connectivity index (χ1v) is 14.0. The Labute approximate surface area is 214 Å². The van der Waals surface area contributed by atoms with Gasteiger partial charge in [-0.05, 0) is 104 Å². The molecule has 4 saturated carbocycles. The van der Waals surface area contributed by atoms with E-state index in [-0.39, 0.29) is 35.4 Å². The van der Waals surface area contributed by atoms with E-state index in [1.807, 2.05) is 0 Å². The van der Waals surface area contributed by atoms with Gasteiger partial charge < -0.3 is 25.7 Å². The van der Waals surface area contributed by atoms with Crippen LogP contribution in [0.15, 0.2) is 0 Å². The van der Waals surface area contributed by atoms with Gasteiger partial charge in [-0.1, -0.05) is 20.8 Å². The first-order valence-electron chi connectivity index (χ1n) is 14.0. The summed E-state index contributed by atoms with van der Waals surface area (Å²) in [6.07, 6.45) is 7.53. The average Bonchev–Trinajstić information content (AvgIpc) is 3.15. The standard InChI is InChI=1S/C28H45NO7/c1-15(4-7-24(32)29-22(26(35)36)14-25(33)34)18-5-6-19-17-13-23(31)21-12-16(30)8-10-28(21,3)20(17)9-11-27(18,19)2/h15-23,30-31H,4-14H2,1-3H3,(H,29,32)(H,33,34)(H,35,36)/t15-,16-,17+,18-,19+,20+,21+,22+,23+,27-,28-/m1/s1. The number of aliphatic carboxylic acids is 2. The fourth-order valence-electron chi connectivity index (χ4n) is 9.45. The van der Waals surface area contributed by atoms with Crippen LogP contribution in [-0.4, -0.2) is 56.5 Å². The molecular formula is C28H45NO7. The van der Waals surface area contributed by atoms with Crippen molar-refractivity contribution in [3.8, 4) is 0 Å². The van der Waals surface area contributed by atoms with Crippen LogP contribution in [0.3, 0.4) is 0 Å². The second-order valence-corrected chi connectivity index (χ2v) is 13.0. The Hall–Kier alpha value is -1.67. The van der Waals surface area contributed by atoms with Crippen molar-refractivity contribution in [1.82, 2.24) is 5.32 Å². The first-order chi connectivity index (χ1) is 16.9. The Morgan fingerprint density at radius 2 is 1.58 bits per heavy atom. The molecule has 0 aromatic rings. The SMILES string of the molecule is C[C@H](CCC(=O)N[C@@H](CC(=O)O)C(=O)O)[C@H]1CC[C@H]2[C@@H]3C[C@H](O)[C@@H]4C[C@H](O)CC[C@]4(C)[C@H]3CC[C@]12C. The molecule has 5 N–H and O–H groups in total. The Kier molecular flexibility index (Phi) is 7.78. The van der Waals surface area contributed by atoms with Crippen LogP contribution < -0.4 is 5.32 Å². The van der Waals surface area contributed by atoms with Crippen molar-refractivity contribution < 1.29 is 34.8 Å². The molecule has 0 radical (unpaired) electrons. The quantitative estimate of drug-likeness (QED) is 0.338. The molecule has 0 aliphatic heterocycles. The summed E-state index contributed by atoms with van der Waals surface area (Å²) in [5, 5.41) is 41.9. The average molecular weight is 508 g/mol. The van der Waals surface area contributed by atoms with Gasteiger partial charge in [-0.3, -0.25) is 9.59 Å². The van der Waals surface area contributed by atoms with Gasteiger partial charge >= 0.3 is 11.9 Å². The predicted octanol–water partition coefficient (Wildman–Crippen LogP) is 3.44. The summed E-state index contributed by atoms with van der Waals surface area (Å²) >= 11 is 0. The van der Waals surface area contributed by atoms with Crippen LogP contribution in [0.1, 0.15) is 91.4 Å². The zero-order valence-corrected chi connectivity index (χ0v) is 22.0. The molecule has 4 aliphatic rings. The van der Waals surface area contributed by atoms with E-state index in [9.17, 15) is 29.7 Å². The molecule has 1 amide bonds. The Bertz CT molecular complexity index is 863. The number of nitrogens with one attached hydrogen (secondary N) is 1. The van der Waals surface area contributed by atoms with Gasteiger partial charge in [0.1, 0.15) is 6.04 Å². The highest BCUT2D eigenvalue weighted by molar-refractivity contribution is 5.86. The van der Waals surface area contributed by atoms with Crippen LogP contribution in [0.25, 0.3) is 0 Å². The van der Waals surface area contributed by atoms with Crippen molar-refractivity contribution in [2.75, 3.05) is 0 Å². The maximum atomic E-state index is 12.4. The van der Waals surface area contributed by atoms with E-state index in [0.717, 1.165) is 51.4 Å². The monoisotopic (exact) mass is 507 g/mol. The molecule has 0 heterocycles. The lowest BCUT2D eigenvalue weighted by Gasteiger charge is -2.62. The van der Waals surface area contributed by atoms with E-state index in [4.69, 9.17) is 5.11 Å². The van der Waals surface area contributed by atoms with Gasteiger partial charge in [0.15, 0.2) is 0 Å². The van der Waals surface area contributed by atoms with E-state index in [1.165, 1.54) is 0 Å². The summed E-state index contributed by atoms with van der Waals surface area (Å²) in [4.78, 5) is 34.6. The molecule has 8 heteroatoms. The van der Waals surface area contributed by atoms with Crippen molar-refractivity contribution >= 4 is 17.8 Å². The topological polar surface area (TPSA) is 144 Å². The third-order valence-electron chi connectivity index (χ3n) is 11.3. The molecule has 0 aromatic carbocycles. The minimum absolute atomic E-state index is 0.0985. The third-order valence-corrected chi connectivity index (χ3v) is 11.3. The number of carbonyl (C=O) groups is 3. The molecule has 8 nitrogen and oxygen atoms in total. The summed E-state index contributed by atoms with van der Waals surface area (Å²) in [6, 6.07) is -1.40. The zero-order valence-electron chi connectivity index (χ0n) is 22.0. The summed E-state index contributed by atoms with van der Waals surface area (Å²) in [5.41, 5.74) is 0.266. The zero-order chi connectivity index (χ0) is 26.4. The number of hydrogen-bond donors (Lipinski definition) is 5. The second-order valence-electron chi connectivity index (χ2n) is 13.0. The largest absolute Gasteiger partial charge is 0.481 e. The Morgan fingerprint density at radius 1 is 0.917 bits per heavy atom. The number of rotatable bonds is 8. The van der Waals surface area contributed by atoms with Gasteiger partial charge in [-0.25, -0.2) is 4.79 Å². The summed E-state index contributed by atoms with van der Waals surface area (Å²) in [7, 11) is 0. The maximum absolute atomic E-state index is 12.4. The fraction of sp³-hybridized carbons (Fsp3) is 0.893. The summed E-state index contributed by atoms with van der Waals surface area (Å²) in [6.45, 7) is 6.98. The highest BCUT2D eigenvalue weighted by atomic mass is 16.4. The number of carboxylic acids is 2. The van der Waals surface area contributed by atoms with Gasteiger partial charge in [0.05, 0.1) is 18.6 Å². The number of carboxylic acid groups (broad SMARTS) is 2. The van der Waals surface area contributed by atoms with Crippen molar-refractivity contribution in [3.05, 3.63) is 0 Å². The predicted molar refractivity (Wildman–Crippen MR) is 133 cm³/mol. The minimum atomic E-state index is -1.40. The molecule has 0 unspecified atom stereocenters. The number of hydrogen-bond acceptors (Lipinski definition) is 5. The number of aliphatic hydroxyl groups is 2.